The van der Waals surface area contributed by atoms with E-state index in [2.05, 4.69) is 21.3 Å². The summed E-state index contributed by atoms with van der Waals surface area (Å²) in [5.41, 5.74) is 1.61. The maximum atomic E-state index is 12.8. The van der Waals surface area contributed by atoms with Crippen LogP contribution in [-0.4, -0.2) is 49.8 Å². The number of rotatable bonds is 10. The maximum absolute atomic E-state index is 12.8. The van der Waals surface area contributed by atoms with Crippen LogP contribution in [0.25, 0.3) is 0 Å². The van der Waals surface area contributed by atoms with Gasteiger partial charge in [0.15, 0.2) is 0 Å². The van der Waals surface area contributed by atoms with Crippen molar-refractivity contribution in [1.29, 1.82) is 0 Å². The van der Waals surface area contributed by atoms with Gasteiger partial charge in [-0.1, -0.05) is 37.3 Å². The molecular weight excluding hydrogens is 404 g/mol. The van der Waals surface area contributed by atoms with Crippen LogP contribution in [0, 0.1) is 11.3 Å². The van der Waals surface area contributed by atoms with E-state index in [1.165, 1.54) is 44.9 Å². The van der Waals surface area contributed by atoms with E-state index in [1.54, 1.807) is 12.1 Å². The van der Waals surface area contributed by atoms with E-state index in [0.29, 0.717) is 36.8 Å². The molecule has 1 aromatic carbocycles. The Hall–Kier alpha value is -1.99. The minimum Gasteiger partial charge on any atom is -0.465 e. The van der Waals surface area contributed by atoms with Gasteiger partial charge in [-0.25, -0.2) is 4.79 Å². The highest BCUT2D eigenvalue weighted by atomic mass is 35.5. The summed E-state index contributed by atoms with van der Waals surface area (Å²) in [4.78, 5) is 23.2. The number of fused-ring (bicyclic) bond motifs is 2. The highest BCUT2D eigenvalue weighted by Crippen LogP contribution is 2.48. The summed E-state index contributed by atoms with van der Waals surface area (Å²) in [5.74, 6) is 0.734. The van der Waals surface area contributed by atoms with Gasteiger partial charge >= 0.3 is 6.09 Å². The molecule has 3 rings (SSSR count). The van der Waals surface area contributed by atoms with Gasteiger partial charge in [0.05, 0.1) is 10.6 Å². The molecule has 2 amide bonds. The highest BCUT2D eigenvalue weighted by Gasteiger charge is 2.39. The Kier molecular flexibility index (Phi) is 8.22. The normalized spacial score (nSPS) is 22.9. The number of nitrogens with one attached hydrogen (secondary N) is 4. The number of anilines is 1. The highest BCUT2D eigenvalue weighted by molar-refractivity contribution is 6.34. The molecule has 2 saturated carbocycles. The molecular formula is C22H33ClN4O3. The van der Waals surface area contributed by atoms with Gasteiger partial charge in [-0.05, 0) is 48.8 Å². The van der Waals surface area contributed by atoms with Crippen molar-refractivity contribution in [2.24, 2.45) is 11.3 Å². The lowest BCUT2D eigenvalue weighted by atomic mass is 9.62. The predicted molar refractivity (Wildman–Crippen MR) is 119 cm³/mol. The zero-order chi connectivity index (χ0) is 21.4. The fraction of sp³-hybridized carbons (Fsp3) is 0.636. The smallest absolute Gasteiger partial charge is 0.404 e. The van der Waals surface area contributed by atoms with Gasteiger partial charge in [-0.2, -0.15) is 0 Å². The molecule has 0 aromatic heterocycles. The first kappa shape index (κ1) is 22.7. The van der Waals surface area contributed by atoms with Crippen LogP contribution in [0.4, 0.5) is 10.5 Å². The molecule has 0 unspecified atom stereocenters. The predicted octanol–water partition coefficient (Wildman–Crippen LogP) is 3.70. The van der Waals surface area contributed by atoms with Gasteiger partial charge in [-0.15, -0.1) is 0 Å². The van der Waals surface area contributed by atoms with Crippen molar-refractivity contribution < 1.29 is 14.7 Å². The summed E-state index contributed by atoms with van der Waals surface area (Å²) in [6.07, 6.45) is 7.91. The van der Waals surface area contributed by atoms with E-state index >= 15 is 0 Å². The van der Waals surface area contributed by atoms with Crippen LogP contribution in [0.15, 0.2) is 18.2 Å². The molecule has 2 aliphatic carbocycles. The van der Waals surface area contributed by atoms with E-state index in [-0.39, 0.29) is 11.3 Å². The van der Waals surface area contributed by atoms with Crippen LogP contribution < -0.4 is 21.3 Å². The molecule has 2 fully saturated rings. The van der Waals surface area contributed by atoms with E-state index in [4.69, 9.17) is 16.7 Å². The Morgan fingerprint density at radius 1 is 1.07 bits per heavy atom. The number of hydrogen-bond acceptors (Lipinski definition) is 4. The van der Waals surface area contributed by atoms with Crippen LogP contribution in [0.1, 0.15) is 55.3 Å². The molecule has 0 radical (unpaired) electrons. The second kappa shape index (κ2) is 10.9. The van der Waals surface area contributed by atoms with Crippen LogP contribution >= 0.6 is 11.6 Å². The zero-order valence-electron chi connectivity index (χ0n) is 17.4. The SMILES string of the molecule is O=C(O)NCCNCCNc1ccc(Cl)c(C(=O)NCC23CCCC(CCC2)C3)c1. The van der Waals surface area contributed by atoms with Gasteiger partial charge in [-0.3, -0.25) is 4.79 Å². The molecule has 30 heavy (non-hydrogen) atoms. The van der Waals surface area contributed by atoms with Crippen molar-refractivity contribution in [2.45, 2.75) is 44.9 Å². The van der Waals surface area contributed by atoms with E-state index in [0.717, 1.165) is 18.2 Å². The summed E-state index contributed by atoms with van der Waals surface area (Å²) in [6, 6.07) is 5.40. The molecule has 2 aliphatic rings. The van der Waals surface area contributed by atoms with Gasteiger partial charge in [0, 0.05) is 38.4 Å². The van der Waals surface area contributed by atoms with Crippen molar-refractivity contribution in [3.63, 3.8) is 0 Å². The fourth-order valence-electron chi connectivity index (χ4n) is 4.92. The van der Waals surface area contributed by atoms with Crippen LogP contribution in [0.3, 0.4) is 0 Å². The monoisotopic (exact) mass is 436 g/mol. The lowest BCUT2D eigenvalue weighted by molar-refractivity contribution is 0.0682. The van der Waals surface area contributed by atoms with Crippen molar-refractivity contribution in [3.05, 3.63) is 28.8 Å². The molecule has 0 spiro atoms. The molecule has 2 bridgehead atoms. The van der Waals surface area contributed by atoms with Gasteiger partial charge in [0.25, 0.3) is 5.91 Å². The Bertz CT molecular complexity index is 733. The molecule has 5 N–H and O–H groups in total. The second-order valence-corrected chi connectivity index (χ2v) is 9.05. The number of carbonyl (C=O) groups excluding carboxylic acids is 1. The third-order valence-electron chi connectivity index (χ3n) is 6.40. The molecule has 0 saturated heterocycles. The van der Waals surface area contributed by atoms with Crippen molar-refractivity contribution >= 4 is 29.3 Å². The number of carbonyl (C=O) groups is 2. The number of hydrogen-bond donors (Lipinski definition) is 5. The average molecular weight is 437 g/mol. The van der Waals surface area contributed by atoms with Gasteiger partial charge < -0.3 is 26.4 Å². The first-order chi connectivity index (χ1) is 14.5. The zero-order valence-corrected chi connectivity index (χ0v) is 18.2. The molecule has 0 heterocycles. The fourth-order valence-corrected chi connectivity index (χ4v) is 5.12. The Labute approximate surface area is 183 Å². The van der Waals surface area contributed by atoms with E-state index < -0.39 is 6.09 Å². The third-order valence-corrected chi connectivity index (χ3v) is 6.73. The molecule has 166 valence electrons. The van der Waals surface area contributed by atoms with E-state index in [9.17, 15) is 9.59 Å². The number of carboxylic acid groups (broad SMARTS) is 1. The Balaban J connectivity index is 1.46. The Morgan fingerprint density at radius 3 is 2.53 bits per heavy atom. The van der Waals surface area contributed by atoms with Crippen molar-refractivity contribution in [3.8, 4) is 0 Å². The van der Waals surface area contributed by atoms with Crippen LogP contribution in [0.2, 0.25) is 5.02 Å². The third kappa shape index (κ3) is 6.51. The first-order valence-corrected chi connectivity index (χ1v) is 11.3. The number of benzene rings is 1. The minimum atomic E-state index is -1.02. The maximum Gasteiger partial charge on any atom is 0.404 e. The standard InChI is InChI=1S/C22H33ClN4O3/c23-19-6-5-17(25-11-9-24-10-12-26-21(29)30)13-18(19)20(28)27-15-22-7-1-3-16(14-22)4-2-8-22/h5-6,13,16,24-26H,1-4,7-12,14-15H2,(H,27,28)(H,29,30). The van der Waals surface area contributed by atoms with Crippen LogP contribution in [0.5, 0.6) is 0 Å². The summed E-state index contributed by atoms with van der Waals surface area (Å²) in [7, 11) is 0. The molecule has 8 heteroatoms. The summed E-state index contributed by atoms with van der Waals surface area (Å²) >= 11 is 6.30. The molecule has 0 atom stereocenters. The van der Waals surface area contributed by atoms with Crippen molar-refractivity contribution in [2.75, 3.05) is 38.0 Å². The molecule has 1 aromatic rings. The summed E-state index contributed by atoms with van der Waals surface area (Å²) in [5, 5.41) is 20.9. The lowest BCUT2D eigenvalue weighted by Crippen LogP contribution is -2.43. The molecule has 7 nitrogen and oxygen atoms in total. The average Bonchev–Trinajstić information content (AvgIpc) is 2.72. The Morgan fingerprint density at radius 2 is 1.80 bits per heavy atom. The minimum absolute atomic E-state index is 0.108. The summed E-state index contributed by atoms with van der Waals surface area (Å²) in [6.45, 7) is 2.99. The summed E-state index contributed by atoms with van der Waals surface area (Å²) < 4.78 is 0. The van der Waals surface area contributed by atoms with Crippen LogP contribution in [-0.2, 0) is 0 Å². The largest absolute Gasteiger partial charge is 0.465 e. The topological polar surface area (TPSA) is 102 Å². The quantitative estimate of drug-likeness (QED) is 0.360. The number of halogens is 1. The lowest BCUT2D eigenvalue weighted by Gasteiger charge is -2.45. The molecule has 0 aliphatic heterocycles. The number of amides is 2. The van der Waals surface area contributed by atoms with Gasteiger partial charge in [0.2, 0.25) is 0 Å². The first-order valence-electron chi connectivity index (χ1n) is 11.0. The van der Waals surface area contributed by atoms with E-state index in [1.807, 2.05) is 6.07 Å². The van der Waals surface area contributed by atoms with Gasteiger partial charge in [0.1, 0.15) is 0 Å². The van der Waals surface area contributed by atoms with Crippen molar-refractivity contribution in [1.82, 2.24) is 16.0 Å². The second-order valence-electron chi connectivity index (χ2n) is 8.64.